The number of thioether (sulfide) groups is 2. The van der Waals surface area contributed by atoms with Gasteiger partial charge in [0.15, 0.2) is 45.7 Å². The molecule has 0 bridgehead atoms. The number of anilines is 2. The SMILES string of the molecule is CCSc1nc(N)c2ncn([C@@H]3O[C@H](COP(=O)(S)OP(=O)(O)C(Cl)(Cl)P(=O)(O)OP(O)(=S)OC[C@H]4O[C@@H](n5cnc6c(N)nc(SCC)nc65)[C@H](O)[C@@H]4O)[C@@H](O)[C@H]3O)c2n1.[Na+].[Na+].[Na+].[Na+]. The van der Waals surface area contributed by atoms with Crippen molar-refractivity contribution in [1.82, 2.24) is 39.0 Å². The van der Waals surface area contributed by atoms with Crippen molar-refractivity contribution in [3.63, 3.8) is 0 Å². The molecule has 2 saturated heterocycles. The zero-order chi connectivity index (χ0) is 45.0. The van der Waals surface area contributed by atoms with Gasteiger partial charge < -0.3 is 60.6 Å². The van der Waals surface area contributed by atoms with Crippen molar-refractivity contribution in [1.29, 1.82) is 0 Å². The van der Waals surface area contributed by atoms with Gasteiger partial charge in [0.2, 0.25) is 0 Å². The van der Waals surface area contributed by atoms with Gasteiger partial charge in [-0.3, -0.25) is 22.8 Å². The molecule has 0 spiro atoms. The largest absolute Gasteiger partial charge is 1.00 e. The van der Waals surface area contributed by atoms with Gasteiger partial charge in [-0.05, 0) is 23.3 Å². The Morgan fingerprint density at radius 1 is 0.738 bits per heavy atom. The number of aliphatic hydroxyl groups excluding tert-OH is 4. The Morgan fingerprint density at radius 3 is 1.52 bits per heavy atom. The van der Waals surface area contributed by atoms with E-state index in [1.807, 2.05) is 13.8 Å². The van der Waals surface area contributed by atoms with Crippen LogP contribution in [0.25, 0.3) is 22.3 Å². The van der Waals surface area contributed by atoms with Crippen molar-refractivity contribution in [3.05, 3.63) is 12.7 Å². The van der Waals surface area contributed by atoms with E-state index in [9.17, 15) is 48.8 Å². The Kier molecular flexibility index (Phi) is 25.3. The second-order valence-electron chi connectivity index (χ2n) is 12.6. The summed E-state index contributed by atoms with van der Waals surface area (Å²) in [6, 6.07) is 0. The van der Waals surface area contributed by atoms with Gasteiger partial charge in [-0.2, -0.15) is 0 Å². The van der Waals surface area contributed by atoms with E-state index in [1.54, 1.807) is 0 Å². The van der Waals surface area contributed by atoms with E-state index in [0.717, 1.165) is 0 Å². The molecule has 2 aliphatic rings. The summed E-state index contributed by atoms with van der Waals surface area (Å²) in [4.78, 5) is 57.2. The monoisotopic (exact) mass is 1150 g/mol. The molecule has 12 atom stereocenters. The first kappa shape index (κ1) is 64.3. The summed E-state index contributed by atoms with van der Waals surface area (Å²) in [6.07, 6.45) is -10.1. The van der Waals surface area contributed by atoms with Gasteiger partial charge in [0.1, 0.15) is 47.7 Å². The van der Waals surface area contributed by atoms with Crippen LogP contribution in [0.3, 0.4) is 0 Å². The number of aromatic nitrogens is 8. The average molecular weight is 1150 g/mol. The number of alkyl halides is 2. The van der Waals surface area contributed by atoms with Gasteiger partial charge in [-0.15, -0.1) is 0 Å². The van der Waals surface area contributed by atoms with Crippen molar-refractivity contribution in [2.75, 3.05) is 36.2 Å². The van der Waals surface area contributed by atoms with Gasteiger partial charge in [0.05, 0.1) is 25.9 Å². The minimum atomic E-state index is -6.12. The number of halogens is 2. The fourth-order valence-electron chi connectivity index (χ4n) is 5.71. The summed E-state index contributed by atoms with van der Waals surface area (Å²) in [5, 5.41) is 43.6. The molecule has 65 heavy (non-hydrogen) atoms. The van der Waals surface area contributed by atoms with Crippen LogP contribution < -0.4 is 130 Å². The maximum Gasteiger partial charge on any atom is 1.00 e. The smallest absolute Gasteiger partial charge is 0.387 e. The Hall–Kier alpha value is 3.15. The number of nitrogens with two attached hydrogens (primary N) is 2. The van der Waals surface area contributed by atoms with Gasteiger partial charge in [-0.25, -0.2) is 43.1 Å². The molecule has 2 aliphatic heterocycles. The first-order valence-electron chi connectivity index (χ1n) is 17.0. The van der Waals surface area contributed by atoms with Crippen LogP contribution in [0.15, 0.2) is 23.0 Å². The quantitative estimate of drug-likeness (QED) is 0.0110. The molecular formula is C25H36Cl2N10Na4O16P4S4+4. The summed E-state index contributed by atoms with van der Waals surface area (Å²) >= 11 is 22.6. The molecule has 0 amide bonds. The Morgan fingerprint density at radius 2 is 1.12 bits per heavy atom. The Bertz CT molecular complexity index is 2340. The van der Waals surface area contributed by atoms with E-state index in [4.69, 9.17) is 65.0 Å². The van der Waals surface area contributed by atoms with Crippen molar-refractivity contribution >= 4 is 133 Å². The molecule has 340 valence electrons. The van der Waals surface area contributed by atoms with E-state index < -0.39 is 94.8 Å². The second-order valence-corrected chi connectivity index (χ2v) is 27.8. The Labute approximate surface area is 486 Å². The van der Waals surface area contributed by atoms with Crippen LogP contribution in [0.4, 0.5) is 11.6 Å². The van der Waals surface area contributed by atoms with Crippen LogP contribution in [0.5, 0.6) is 0 Å². The van der Waals surface area contributed by atoms with E-state index in [0.29, 0.717) is 21.8 Å². The number of nitrogen functional groups attached to an aromatic ring is 2. The van der Waals surface area contributed by atoms with Crippen molar-refractivity contribution in [3.8, 4) is 0 Å². The number of ether oxygens (including phenoxy) is 2. The first-order valence-corrected chi connectivity index (χ1v) is 28.2. The zero-order valence-electron chi connectivity index (χ0n) is 34.9. The van der Waals surface area contributed by atoms with Gasteiger partial charge >= 0.3 is 151 Å². The molecule has 0 aromatic carbocycles. The molecule has 6 heterocycles. The predicted molar refractivity (Wildman–Crippen MR) is 225 cm³/mol. The molecule has 4 aromatic heterocycles. The molecular weight excluding hydrogens is 1110 g/mol. The minimum Gasteiger partial charge on any atom is -0.387 e. The molecule has 26 nitrogen and oxygen atoms in total. The molecule has 40 heteroatoms. The van der Waals surface area contributed by atoms with E-state index in [2.05, 4.69) is 50.8 Å². The van der Waals surface area contributed by atoms with Crippen LogP contribution >= 0.6 is 87.7 Å². The summed E-state index contributed by atoms with van der Waals surface area (Å²) in [5.41, 5.74) is 12.6. The van der Waals surface area contributed by atoms with E-state index in [-0.39, 0.29) is 152 Å². The molecule has 0 saturated carbocycles. The molecule has 4 aromatic rings. The van der Waals surface area contributed by atoms with Crippen LogP contribution in [0.2, 0.25) is 0 Å². The normalized spacial score (nSPS) is 27.0. The number of aliphatic hydroxyl groups is 4. The van der Waals surface area contributed by atoms with E-state index in [1.165, 1.54) is 45.3 Å². The summed E-state index contributed by atoms with van der Waals surface area (Å²) in [6.45, 7) is -8.36. The van der Waals surface area contributed by atoms with Crippen molar-refractivity contribution < 1.29 is 194 Å². The Balaban J connectivity index is 0.00000363. The van der Waals surface area contributed by atoms with Crippen LogP contribution in [0, 0.1) is 0 Å². The number of hydrogen-bond acceptors (Lipinski definition) is 24. The van der Waals surface area contributed by atoms with E-state index >= 15 is 0 Å². The summed E-state index contributed by atoms with van der Waals surface area (Å²) < 4.78 is 68.7. The maximum absolute atomic E-state index is 13.3. The molecule has 4 unspecified atom stereocenters. The molecule has 6 rings (SSSR count). The second kappa shape index (κ2) is 25.6. The van der Waals surface area contributed by atoms with Crippen LogP contribution in [0.1, 0.15) is 26.3 Å². The van der Waals surface area contributed by atoms with Crippen LogP contribution in [-0.2, 0) is 52.6 Å². The zero-order valence-corrected chi connectivity index (χ0v) is 51.3. The number of nitrogens with zero attached hydrogens (tertiary/aromatic N) is 8. The maximum atomic E-state index is 13.3. The summed E-state index contributed by atoms with van der Waals surface area (Å²) in [5.74, 6) is 1.27. The number of thiol groups is 1. The fraction of sp³-hybridized carbons (Fsp3) is 0.600. The average Bonchev–Trinajstić information content (AvgIpc) is 3.91. The molecule has 0 aliphatic carbocycles. The first-order chi connectivity index (χ1) is 28.3. The third kappa shape index (κ3) is 14.3. The van der Waals surface area contributed by atoms with Gasteiger partial charge in [0.25, 0.3) is 0 Å². The van der Waals surface area contributed by atoms with Crippen molar-refractivity contribution in [2.45, 2.75) is 77.1 Å². The summed E-state index contributed by atoms with van der Waals surface area (Å²) in [7, 11) is -12.2. The standard InChI is InChI=1S/C25H36Cl2N10O16P4S4.4Na/c1-3-60-23-32-17(28)11-19(34-23)36(7-30-11)21-15(40)13(38)9(50-21)5-48-56(46,58)52-54(42,43)25(26,27)55(44,45)53-57(47,59)49-6-10-14(39)16(41)22(51-10)37-8-31-12-18(29)33-24(61-4-2)35-20(12)37;;;;/h7-10,13-16,21-22,38-41H,3-6H2,1-2H3,(H,42,43)(H,44,45)(H,46,58)(H,47,59)(H2,28,32,34)(H2,29,33,35);;;;/q;4*+1/t9-,10-,13-,14-,15-,16-,21-,22-,56?,57?;;;;/m1..../s1. The topological polar surface area (TPSA) is 387 Å². The predicted octanol–water partition coefficient (Wildman–Crippen LogP) is -9.91. The number of fused-ring (bicyclic) bond motifs is 2. The van der Waals surface area contributed by atoms with Crippen molar-refractivity contribution in [2.24, 2.45) is 0 Å². The third-order valence-corrected chi connectivity index (χ3v) is 21.7. The number of hydrogen-bond donors (Lipinski definition) is 10. The number of imidazole rings is 2. The van der Waals surface area contributed by atoms with Gasteiger partial charge in [-0.1, -0.05) is 72.8 Å². The molecule has 11 N–H and O–H groups in total. The molecule has 0 radical (unpaired) electrons. The fourth-order valence-corrected chi connectivity index (χ4v) is 16.1. The minimum absolute atomic E-state index is 0. The third-order valence-electron chi connectivity index (χ3n) is 8.54. The van der Waals surface area contributed by atoms with Crippen LogP contribution in [-0.4, -0.2) is 139 Å². The number of rotatable bonds is 18. The van der Waals surface area contributed by atoms with Gasteiger partial charge in [0, 0.05) is 0 Å². The molecule has 2 fully saturated rings.